The largest absolute Gasteiger partial charge is 0.492 e. The van der Waals surface area contributed by atoms with Crippen molar-refractivity contribution in [2.24, 2.45) is 0 Å². The Bertz CT molecular complexity index is 1420. The van der Waals surface area contributed by atoms with Crippen LogP contribution < -0.4 is 20.1 Å². The summed E-state index contributed by atoms with van der Waals surface area (Å²) in [6.07, 6.45) is 1.67. The van der Waals surface area contributed by atoms with Gasteiger partial charge in [-0.25, -0.2) is 9.37 Å². The maximum atomic E-state index is 14.5. The van der Waals surface area contributed by atoms with E-state index in [-0.39, 0.29) is 17.6 Å². The van der Waals surface area contributed by atoms with E-state index in [1.54, 1.807) is 38.6 Å². The number of para-hydroxylation sites is 1. The molecule has 0 radical (unpaired) electrons. The second-order valence-corrected chi connectivity index (χ2v) is 8.05. The minimum atomic E-state index is -0.522. The van der Waals surface area contributed by atoms with Gasteiger partial charge in [-0.1, -0.05) is 6.07 Å². The highest BCUT2D eigenvalue weighted by molar-refractivity contribution is 6.08. The van der Waals surface area contributed by atoms with E-state index < -0.39 is 5.82 Å². The summed E-state index contributed by atoms with van der Waals surface area (Å²) in [4.78, 5) is 25.6. The predicted molar refractivity (Wildman–Crippen MR) is 129 cm³/mol. The lowest BCUT2D eigenvalue weighted by atomic mass is 9.97. The van der Waals surface area contributed by atoms with E-state index in [1.165, 1.54) is 13.2 Å². The molecule has 1 unspecified atom stereocenters. The number of aromatic nitrogens is 3. The van der Waals surface area contributed by atoms with Crippen LogP contribution in [0.4, 0.5) is 15.8 Å². The van der Waals surface area contributed by atoms with Gasteiger partial charge < -0.3 is 29.8 Å². The number of ether oxygens (including phenoxy) is 3. The van der Waals surface area contributed by atoms with Gasteiger partial charge in [0.2, 0.25) is 5.88 Å². The summed E-state index contributed by atoms with van der Waals surface area (Å²) in [5.41, 5.74) is 4.54. The molecular weight excluding hydrogens is 453 g/mol. The number of H-pyrrole nitrogens is 1. The van der Waals surface area contributed by atoms with Crippen molar-refractivity contribution in [1.29, 1.82) is 0 Å². The monoisotopic (exact) mass is 477 g/mol. The van der Waals surface area contributed by atoms with Gasteiger partial charge in [-0.05, 0) is 24.3 Å². The number of nitrogens with one attached hydrogen (secondary N) is 3. The Morgan fingerprint density at radius 1 is 1.14 bits per heavy atom. The molecular formula is C25H24FN5O4. The summed E-state index contributed by atoms with van der Waals surface area (Å²) in [5.74, 6) is -0.411. The fraction of sp³-hybridized carbons (Fsp3) is 0.240. The van der Waals surface area contributed by atoms with Gasteiger partial charge in [0.25, 0.3) is 5.91 Å². The van der Waals surface area contributed by atoms with Crippen molar-refractivity contribution in [1.82, 2.24) is 20.3 Å². The molecule has 9 nitrogen and oxygen atoms in total. The van der Waals surface area contributed by atoms with Crippen molar-refractivity contribution >= 4 is 28.3 Å². The normalized spacial score (nSPS) is 15.0. The van der Waals surface area contributed by atoms with Gasteiger partial charge >= 0.3 is 0 Å². The van der Waals surface area contributed by atoms with Gasteiger partial charge in [0, 0.05) is 43.1 Å². The van der Waals surface area contributed by atoms with Crippen LogP contribution in [0.5, 0.6) is 11.6 Å². The average molecular weight is 477 g/mol. The number of hydrogen-bond donors (Lipinski definition) is 3. The lowest BCUT2D eigenvalue weighted by molar-refractivity contribution is 0.0925. The maximum absolute atomic E-state index is 14.5. The second kappa shape index (κ2) is 9.22. The number of rotatable bonds is 7. The molecule has 0 spiro atoms. The number of fused-ring (bicyclic) bond motifs is 2. The third-order valence-electron chi connectivity index (χ3n) is 6.01. The quantitative estimate of drug-likeness (QED) is 0.369. The number of aromatic amines is 1. The number of carbonyl (C=O) groups is 1. The van der Waals surface area contributed by atoms with Crippen molar-refractivity contribution < 1.29 is 23.4 Å². The van der Waals surface area contributed by atoms with Gasteiger partial charge in [-0.15, -0.1) is 0 Å². The first-order valence-corrected chi connectivity index (χ1v) is 11.0. The maximum Gasteiger partial charge on any atom is 0.255 e. The first kappa shape index (κ1) is 22.6. The molecule has 0 aliphatic carbocycles. The van der Waals surface area contributed by atoms with Crippen molar-refractivity contribution in [3.8, 4) is 22.9 Å². The van der Waals surface area contributed by atoms with Gasteiger partial charge in [0.15, 0.2) is 11.6 Å². The van der Waals surface area contributed by atoms with E-state index in [0.29, 0.717) is 58.3 Å². The molecule has 4 aromatic rings. The van der Waals surface area contributed by atoms with Gasteiger partial charge in [0.05, 0.1) is 49.0 Å². The Morgan fingerprint density at radius 3 is 2.77 bits per heavy atom. The molecule has 1 amide bonds. The number of hydrogen-bond acceptors (Lipinski definition) is 7. The summed E-state index contributed by atoms with van der Waals surface area (Å²) in [7, 11) is 4.55. The average Bonchev–Trinajstić information content (AvgIpc) is 3.25. The van der Waals surface area contributed by atoms with Crippen LogP contribution in [0.15, 0.2) is 42.6 Å². The topological polar surface area (TPSA) is 110 Å². The summed E-state index contributed by atoms with van der Waals surface area (Å²) in [5, 5.41) is 6.18. The fourth-order valence-corrected chi connectivity index (χ4v) is 4.41. The Balaban J connectivity index is 1.78. The van der Waals surface area contributed by atoms with Gasteiger partial charge in [-0.2, -0.15) is 0 Å². The van der Waals surface area contributed by atoms with Crippen LogP contribution in [-0.4, -0.2) is 55.3 Å². The smallest absolute Gasteiger partial charge is 0.255 e. The third kappa shape index (κ3) is 3.91. The summed E-state index contributed by atoms with van der Waals surface area (Å²) >= 11 is 0. The number of benzene rings is 1. The summed E-state index contributed by atoms with van der Waals surface area (Å²) in [6, 6.07) is 9.93. The molecule has 1 aliphatic heterocycles. The molecule has 35 heavy (non-hydrogen) atoms. The van der Waals surface area contributed by atoms with E-state index in [4.69, 9.17) is 14.2 Å². The molecule has 3 N–H and O–H groups in total. The Labute approximate surface area is 200 Å². The number of halogens is 1. The lowest BCUT2D eigenvalue weighted by Crippen LogP contribution is -2.36. The Hall–Kier alpha value is -4.18. The van der Waals surface area contributed by atoms with E-state index in [0.717, 1.165) is 5.69 Å². The Kier molecular flexibility index (Phi) is 5.96. The van der Waals surface area contributed by atoms with Crippen molar-refractivity contribution in [3.05, 3.63) is 59.7 Å². The highest BCUT2D eigenvalue weighted by atomic mass is 19.1. The van der Waals surface area contributed by atoms with Crippen LogP contribution in [-0.2, 0) is 4.74 Å². The highest BCUT2D eigenvalue weighted by Gasteiger charge is 2.33. The predicted octanol–water partition coefficient (Wildman–Crippen LogP) is 4.00. The van der Waals surface area contributed by atoms with Gasteiger partial charge in [0.1, 0.15) is 5.52 Å². The van der Waals surface area contributed by atoms with Crippen molar-refractivity contribution in [2.75, 3.05) is 39.8 Å². The van der Waals surface area contributed by atoms with Gasteiger partial charge in [-0.3, -0.25) is 9.78 Å². The van der Waals surface area contributed by atoms with E-state index in [1.807, 2.05) is 12.1 Å². The van der Waals surface area contributed by atoms with Crippen LogP contribution in [0, 0.1) is 5.82 Å². The SMILES string of the molecule is COCC1CNC(=O)c2c1[nH]c(-c1ccnc3ccc(OC)nc13)c2Nc1cccc(F)c1OC. The molecule has 0 fully saturated rings. The van der Waals surface area contributed by atoms with E-state index >= 15 is 0 Å². The van der Waals surface area contributed by atoms with E-state index in [9.17, 15) is 9.18 Å². The highest BCUT2D eigenvalue weighted by Crippen LogP contribution is 2.43. The van der Waals surface area contributed by atoms with Crippen molar-refractivity contribution in [3.63, 3.8) is 0 Å². The van der Waals surface area contributed by atoms with Crippen LogP contribution in [0.2, 0.25) is 0 Å². The number of amides is 1. The minimum Gasteiger partial charge on any atom is -0.492 e. The first-order valence-electron chi connectivity index (χ1n) is 11.0. The molecule has 5 rings (SSSR count). The van der Waals surface area contributed by atoms with E-state index in [2.05, 4.69) is 25.6 Å². The summed E-state index contributed by atoms with van der Waals surface area (Å²) < 4.78 is 30.5. The molecule has 3 aromatic heterocycles. The number of anilines is 2. The molecule has 180 valence electrons. The molecule has 4 heterocycles. The molecule has 0 bridgehead atoms. The Morgan fingerprint density at radius 2 is 2.00 bits per heavy atom. The number of nitrogens with zero attached hydrogens (tertiary/aromatic N) is 2. The number of pyridine rings is 2. The zero-order chi connectivity index (χ0) is 24.5. The molecule has 1 aromatic carbocycles. The zero-order valence-electron chi connectivity index (χ0n) is 19.4. The molecule has 10 heteroatoms. The summed E-state index contributed by atoms with van der Waals surface area (Å²) in [6.45, 7) is 0.824. The van der Waals surface area contributed by atoms with Crippen LogP contribution in [0.1, 0.15) is 22.0 Å². The van der Waals surface area contributed by atoms with Crippen LogP contribution >= 0.6 is 0 Å². The van der Waals surface area contributed by atoms with Crippen LogP contribution in [0.25, 0.3) is 22.3 Å². The third-order valence-corrected chi connectivity index (χ3v) is 6.01. The lowest BCUT2D eigenvalue weighted by Gasteiger charge is -2.23. The first-order chi connectivity index (χ1) is 17.0. The molecule has 1 atom stereocenters. The fourth-order valence-electron chi connectivity index (χ4n) is 4.41. The minimum absolute atomic E-state index is 0.0393. The second-order valence-electron chi connectivity index (χ2n) is 8.05. The molecule has 0 saturated carbocycles. The number of carbonyl (C=O) groups excluding carboxylic acids is 1. The zero-order valence-corrected chi connectivity index (χ0v) is 19.4. The molecule has 0 saturated heterocycles. The number of methoxy groups -OCH3 is 3. The van der Waals surface area contributed by atoms with Crippen LogP contribution in [0.3, 0.4) is 0 Å². The molecule has 1 aliphatic rings. The van der Waals surface area contributed by atoms with Crippen molar-refractivity contribution in [2.45, 2.75) is 5.92 Å². The standard InChI is InChI=1S/C25H24FN5O4/c1-33-12-13-11-28-25(32)19-20(13)31-22(23(19)29-17-6-4-5-15(26)24(17)35-3)14-9-10-27-16-7-8-18(34-2)30-21(14)16/h4-10,13,29,31H,11-12H2,1-3H3,(H,28,32).